The number of imide groups is 1. The third-order valence-electron chi connectivity index (χ3n) is 5.08. The minimum atomic E-state index is -0.314. The number of fused-ring (bicyclic) bond motifs is 1. The van der Waals surface area contributed by atoms with Crippen molar-refractivity contribution < 1.29 is 14.3 Å². The Kier molecular flexibility index (Phi) is 6.37. The van der Waals surface area contributed by atoms with E-state index in [9.17, 15) is 9.59 Å². The van der Waals surface area contributed by atoms with E-state index < -0.39 is 0 Å². The molecule has 0 bridgehead atoms. The Balaban J connectivity index is 1.78. The van der Waals surface area contributed by atoms with E-state index >= 15 is 0 Å². The van der Waals surface area contributed by atoms with Crippen molar-refractivity contribution in [2.45, 2.75) is 27.3 Å². The second-order valence-electron chi connectivity index (χ2n) is 6.83. The number of likely N-dealkylation sites (N-methyl/N-ethyl adjacent to an activating group) is 1. The molecule has 0 radical (unpaired) electrons. The molecule has 0 aromatic heterocycles. The van der Waals surface area contributed by atoms with Crippen LogP contribution in [0.2, 0.25) is 5.02 Å². The summed E-state index contributed by atoms with van der Waals surface area (Å²) in [5.74, 6) is -0.134. The summed E-state index contributed by atoms with van der Waals surface area (Å²) in [5.41, 5.74) is 2.53. The van der Waals surface area contributed by atoms with Gasteiger partial charge in [-0.25, -0.2) is 0 Å². The zero-order valence-corrected chi connectivity index (χ0v) is 17.3. The van der Waals surface area contributed by atoms with Gasteiger partial charge in [-0.2, -0.15) is 0 Å². The van der Waals surface area contributed by atoms with E-state index in [4.69, 9.17) is 16.3 Å². The highest BCUT2D eigenvalue weighted by molar-refractivity contribution is 6.31. The molecular weight excluding hydrogens is 376 g/mol. The first kappa shape index (κ1) is 20.4. The molecule has 0 saturated carbocycles. The first-order valence-electron chi connectivity index (χ1n) is 9.55. The predicted molar refractivity (Wildman–Crippen MR) is 110 cm³/mol. The highest BCUT2D eigenvalue weighted by Gasteiger charge is 2.38. The van der Waals surface area contributed by atoms with Crippen molar-refractivity contribution in [1.29, 1.82) is 0 Å². The molecule has 1 aliphatic rings. The molecule has 1 heterocycles. The molecule has 5 nitrogen and oxygen atoms in total. The van der Waals surface area contributed by atoms with Gasteiger partial charge in [-0.1, -0.05) is 43.6 Å². The molecular formula is C22H25ClN2O3. The molecule has 0 N–H and O–H groups in total. The van der Waals surface area contributed by atoms with Gasteiger partial charge in [0.25, 0.3) is 11.8 Å². The van der Waals surface area contributed by atoms with Crippen LogP contribution in [0.5, 0.6) is 5.75 Å². The lowest BCUT2D eigenvalue weighted by molar-refractivity contribution is 0.0641. The second-order valence-corrected chi connectivity index (χ2v) is 7.24. The lowest BCUT2D eigenvalue weighted by Gasteiger charge is -2.18. The number of carbonyl (C=O) groups excluding carboxylic acids is 2. The van der Waals surface area contributed by atoms with Crippen molar-refractivity contribution in [2.75, 3.05) is 26.2 Å². The van der Waals surface area contributed by atoms with Crippen LogP contribution in [0.1, 0.15) is 45.7 Å². The SMILES string of the molecule is CCN(CC)CCOc1cccc2c1C(=O)N(Cc1ccc(Cl)c(C)c1)C2=O. The summed E-state index contributed by atoms with van der Waals surface area (Å²) < 4.78 is 5.88. The summed E-state index contributed by atoms with van der Waals surface area (Å²) >= 11 is 6.07. The van der Waals surface area contributed by atoms with Crippen molar-refractivity contribution in [3.63, 3.8) is 0 Å². The third-order valence-corrected chi connectivity index (χ3v) is 5.51. The van der Waals surface area contributed by atoms with Gasteiger partial charge < -0.3 is 9.64 Å². The number of carbonyl (C=O) groups is 2. The smallest absolute Gasteiger partial charge is 0.265 e. The summed E-state index contributed by atoms with van der Waals surface area (Å²) in [7, 11) is 0. The fourth-order valence-electron chi connectivity index (χ4n) is 3.38. The molecule has 1 aliphatic heterocycles. The Morgan fingerprint density at radius 2 is 1.82 bits per heavy atom. The van der Waals surface area contributed by atoms with Gasteiger partial charge in [0.05, 0.1) is 17.7 Å². The summed E-state index contributed by atoms with van der Waals surface area (Å²) in [5, 5.41) is 0.662. The standard InChI is InChI=1S/C22H25ClN2O3/c1-4-24(5-2)11-12-28-19-8-6-7-17-20(19)22(27)25(21(17)26)14-16-9-10-18(23)15(3)13-16/h6-10,13H,4-5,11-12,14H2,1-3H3. The fraction of sp³-hybridized carbons (Fsp3) is 0.364. The first-order valence-corrected chi connectivity index (χ1v) is 9.93. The molecule has 0 fully saturated rings. The average molecular weight is 401 g/mol. The van der Waals surface area contributed by atoms with Crippen molar-refractivity contribution in [1.82, 2.24) is 9.80 Å². The quantitative estimate of drug-likeness (QED) is 0.624. The zero-order valence-electron chi connectivity index (χ0n) is 16.5. The summed E-state index contributed by atoms with van der Waals surface area (Å²) in [6.45, 7) is 9.43. The number of halogens is 1. The van der Waals surface area contributed by atoms with Gasteiger partial charge in [0.2, 0.25) is 0 Å². The molecule has 0 saturated heterocycles. The van der Waals surface area contributed by atoms with Crippen LogP contribution in [-0.4, -0.2) is 47.9 Å². The van der Waals surface area contributed by atoms with E-state index in [1.54, 1.807) is 24.3 Å². The molecule has 0 unspecified atom stereocenters. The van der Waals surface area contributed by atoms with Gasteiger partial charge in [0.1, 0.15) is 12.4 Å². The number of rotatable bonds is 8. The number of amides is 2. The summed E-state index contributed by atoms with van der Waals surface area (Å²) in [4.78, 5) is 29.3. The lowest BCUT2D eigenvalue weighted by Crippen LogP contribution is -2.29. The Bertz CT molecular complexity index is 893. The molecule has 28 heavy (non-hydrogen) atoms. The van der Waals surface area contributed by atoms with Crippen LogP contribution < -0.4 is 4.74 Å². The van der Waals surface area contributed by atoms with Gasteiger partial charge in [0.15, 0.2) is 0 Å². The normalized spacial score (nSPS) is 13.4. The second kappa shape index (κ2) is 8.76. The minimum absolute atomic E-state index is 0.212. The minimum Gasteiger partial charge on any atom is -0.491 e. The highest BCUT2D eigenvalue weighted by Crippen LogP contribution is 2.32. The Morgan fingerprint density at radius 1 is 1.07 bits per heavy atom. The van der Waals surface area contributed by atoms with E-state index in [1.165, 1.54) is 4.90 Å². The third kappa shape index (κ3) is 4.05. The molecule has 2 amide bonds. The maximum atomic E-state index is 13.0. The van der Waals surface area contributed by atoms with Gasteiger partial charge in [-0.05, 0) is 49.3 Å². The summed E-state index contributed by atoms with van der Waals surface area (Å²) in [6.07, 6.45) is 0. The molecule has 2 aromatic rings. The van der Waals surface area contributed by atoms with E-state index in [0.29, 0.717) is 28.5 Å². The van der Waals surface area contributed by atoms with Crippen LogP contribution in [0, 0.1) is 6.92 Å². The maximum absolute atomic E-state index is 13.0. The van der Waals surface area contributed by atoms with E-state index in [0.717, 1.165) is 30.8 Å². The highest BCUT2D eigenvalue weighted by atomic mass is 35.5. The topological polar surface area (TPSA) is 49.9 Å². The molecule has 0 atom stereocenters. The molecule has 6 heteroatoms. The first-order chi connectivity index (χ1) is 13.5. The van der Waals surface area contributed by atoms with E-state index in [2.05, 4.69) is 18.7 Å². The number of nitrogens with zero attached hydrogens (tertiary/aromatic N) is 2. The molecule has 0 aliphatic carbocycles. The van der Waals surface area contributed by atoms with Gasteiger partial charge in [0, 0.05) is 11.6 Å². The van der Waals surface area contributed by atoms with Crippen LogP contribution in [0.3, 0.4) is 0 Å². The lowest BCUT2D eigenvalue weighted by atomic mass is 10.1. The molecule has 2 aromatic carbocycles. The van der Waals surface area contributed by atoms with Crippen LogP contribution >= 0.6 is 11.6 Å². The zero-order chi connectivity index (χ0) is 20.3. The average Bonchev–Trinajstić information content (AvgIpc) is 2.93. The number of aryl methyl sites for hydroxylation is 1. The van der Waals surface area contributed by atoms with Crippen molar-refractivity contribution in [3.8, 4) is 5.75 Å². The largest absolute Gasteiger partial charge is 0.491 e. The van der Waals surface area contributed by atoms with Crippen molar-refractivity contribution in [3.05, 3.63) is 63.7 Å². The van der Waals surface area contributed by atoms with Crippen molar-refractivity contribution in [2.24, 2.45) is 0 Å². The van der Waals surface area contributed by atoms with Crippen LogP contribution in [-0.2, 0) is 6.54 Å². The number of ether oxygens (including phenoxy) is 1. The van der Waals surface area contributed by atoms with Crippen LogP contribution in [0.25, 0.3) is 0 Å². The number of hydrogen-bond donors (Lipinski definition) is 0. The predicted octanol–water partition coefficient (Wildman–Crippen LogP) is 4.17. The monoisotopic (exact) mass is 400 g/mol. The Hall–Kier alpha value is -2.37. The molecule has 3 rings (SSSR count). The van der Waals surface area contributed by atoms with Gasteiger partial charge in [-0.15, -0.1) is 0 Å². The van der Waals surface area contributed by atoms with Crippen molar-refractivity contribution >= 4 is 23.4 Å². The molecule has 0 spiro atoms. The van der Waals surface area contributed by atoms with Gasteiger partial charge >= 0.3 is 0 Å². The van der Waals surface area contributed by atoms with E-state index in [1.807, 2.05) is 19.1 Å². The maximum Gasteiger partial charge on any atom is 0.265 e. The Morgan fingerprint density at radius 3 is 2.50 bits per heavy atom. The van der Waals surface area contributed by atoms with E-state index in [-0.39, 0.29) is 18.4 Å². The van der Waals surface area contributed by atoms with Crippen LogP contribution in [0.15, 0.2) is 36.4 Å². The fourth-order valence-corrected chi connectivity index (χ4v) is 3.50. The van der Waals surface area contributed by atoms with Crippen LogP contribution in [0.4, 0.5) is 0 Å². The summed E-state index contributed by atoms with van der Waals surface area (Å²) in [6, 6.07) is 10.7. The Labute approximate surface area is 170 Å². The van der Waals surface area contributed by atoms with Gasteiger partial charge in [-0.3, -0.25) is 14.5 Å². The number of benzene rings is 2. The number of hydrogen-bond acceptors (Lipinski definition) is 4. The molecule has 148 valence electrons.